The molecule has 2 heterocycles. The molecule has 1 atom stereocenters. The standard InChI is InChI=1S/C29H36N2O4S2/c1-20-17-22(3)29(23(4)18-20)37(33,34)30(13-8-15-35-5)19-27(32)31-14-11-26-25(12-16-36-26)28(31)24-10-7-6-9-21(24)2/h6-7,9-10,12,16-18,28H,8,11,13-15,19H2,1-5H3. The SMILES string of the molecule is COCCCN(CC(=O)N1CCc2sccc2C1c1ccccc1C)S(=O)(=O)c1c(C)cc(C)cc1C. The van der Waals surface area contributed by atoms with Crippen LogP contribution in [0.3, 0.4) is 0 Å². The number of fused-ring (bicyclic) bond motifs is 1. The van der Waals surface area contributed by atoms with Crippen LogP contribution < -0.4 is 0 Å². The number of carbonyl (C=O) groups excluding carboxylic acids is 1. The number of methoxy groups -OCH3 is 1. The quantitative estimate of drug-likeness (QED) is 0.351. The molecular formula is C29H36N2O4S2. The summed E-state index contributed by atoms with van der Waals surface area (Å²) in [5.74, 6) is -0.187. The minimum Gasteiger partial charge on any atom is -0.385 e. The predicted molar refractivity (Wildman–Crippen MR) is 149 cm³/mol. The van der Waals surface area contributed by atoms with Gasteiger partial charge in [-0.05, 0) is 79.8 Å². The van der Waals surface area contributed by atoms with Crippen LogP contribution in [0.2, 0.25) is 0 Å². The molecule has 0 saturated carbocycles. The lowest BCUT2D eigenvalue weighted by Crippen LogP contribution is -2.47. The molecule has 0 fully saturated rings. The number of rotatable bonds is 9. The summed E-state index contributed by atoms with van der Waals surface area (Å²) in [6, 6.07) is 13.8. The van der Waals surface area contributed by atoms with Crippen molar-refractivity contribution in [3.63, 3.8) is 0 Å². The summed E-state index contributed by atoms with van der Waals surface area (Å²) in [4.78, 5) is 17.4. The summed E-state index contributed by atoms with van der Waals surface area (Å²) < 4.78 is 34.5. The minimum atomic E-state index is -3.90. The first kappa shape index (κ1) is 27.5. The van der Waals surface area contributed by atoms with E-state index in [9.17, 15) is 13.2 Å². The number of sulfonamides is 1. The Hall–Kier alpha value is -2.52. The maximum absolute atomic E-state index is 14.0. The largest absolute Gasteiger partial charge is 0.385 e. The molecule has 37 heavy (non-hydrogen) atoms. The van der Waals surface area contributed by atoms with Crippen LogP contribution in [0.25, 0.3) is 0 Å². The highest BCUT2D eigenvalue weighted by atomic mass is 32.2. The molecule has 198 valence electrons. The summed E-state index contributed by atoms with van der Waals surface area (Å²) in [5.41, 5.74) is 5.73. The van der Waals surface area contributed by atoms with Crippen molar-refractivity contribution in [1.82, 2.24) is 9.21 Å². The van der Waals surface area contributed by atoms with E-state index in [1.165, 1.54) is 9.18 Å². The maximum Gasteiger partial charge on any atom is 0.244 e. The molecule has 0 spiro atoms. The number of benzene rings is 2. The van der Waals surface area contributed by atoms with Crippen molar-refractivity contribution in [2.24, 2.45) is 0 Å². The first-order valence-corrected chi connectivity index (χ1v) is 14.9. The van der Waals surface area contributed by atoms with Gasteiger partial charge in [0.05, 0.1) is 17.5 Å². The fourth-order valence-corrected chi connectivity index (χ4v) is 8.17. The van der Waals surface area contributed by atoms with E-state index in [-0.39, 0.29) is 29.9 Å². The van der Waals surface area contributed by atoms with Crippen LogP contribution in [-0.2, 0) is 26.0 Å². The summed E-state index contributed by atoms with van der Waals surface area (Å²) in [7, 11) is -2.31. The van der Waals surface area contributed by atoms with Gasteiger partial charge in [-0.3, -0.25) is 4.79 Å². The molecule has 1 aliphatic rings. The van der Waals surface area contributed by atoms with Crippen molar-refractivity contribution >= 4 is 27.3 Å². The zero-order valence-corrected chi connectivity index (χ0v) is 23.9. The summed E-state index contributed by atoms with van der Waals surface area (Å²) >= 11 is 1.72. The first-order valence-electron chi connectivity index (χ1n) is 12.6. The molecule has 0 aliphatic carbocycles. The Balaban J connectivity index is 1.70. The molecule has 0 N–H and O–H groups in total. The summed E-state index contributed by atoms with van der Waals surface area (Å²) in [6.07, 6.45) is 1.27. The van der Waals surface area contributed by atoms with Crippen LogP contribution in [0.1, 0.15) is 50.7 Å². The van der Waals surface area contributed by atoms with Crippen LogP contribution in [0.15, 0.2) is 52.7 Å². The molecule has 1 amide bonds. The lowest BCUT2D eigenvalue weighted by Gasteiger charge is -2.38. The summed E-state index contributed by atoms with van der Waals surface area (Å²) in [6.45, 7) is 8.62. The smallest absolute Gasteiger partial charge is 0.244 e. The molecule has 0 bridgehead atoms. The first-order chi connectivity index (χ1) is 17.6. The zero-order chi connectivity index (χ0) is 26.7. The normalized spacial score (nSPS) is 15.7. The number of nitrogens with zero attached hydrogens (tertiary/aromatic N) is 2. The number of carbonyl (C=O) groups is 1. The second-order valence-electron chi connectivity index (χ2n) is 9.81. The van der Waals surface area contributed by atoms with Crippen molar-refractivity contribution in [2.45, 2.75) is 51.5 Å². The van der Waals surface area contributed by atoms with E-state index in [1.54, 1.807) is 18.4 Å². The van der Waals surface area contributed by atoms with Gasteiger partial charge in [-0.1, -0.05) is 42.0 Å². The Bertz CT molecular complexity index is 1360. The van der Waals surface area contributed by atoms with E-state index in [0.29, 0.717) is 30.7 Å². The Morgan fingerprint density at radius 3 is 2.43 bits per heavy atom. The number of ether oxygens (including phenoxy) is 1. The lowest BCUT2D eigenvalue weighted by molar-refractivity contribution is -0.133. The number of thiophene rings is 1. The van der Waals surface area contributed by atoms with Gasteiger partial charge >= 0.3 is 0 Å². The molecule has 0 saturated heterocycles. The summed E-state index contributed by atoms with van der Waals surface area (Å²) in [5, 5.41) is 2.08. The molecule has 3 aromatic rings. The Kier molecular flexibility index (Phi) is 8.53. The van der Waals surface area contributed by atoms with Crippen molar-refractivity contribution in [3.05, 3.63) is 86.1 Å². The highest BCUT2D eigenvalue weighted by Gasteiger charge is 2.36. The van der Waals surface area contributed by atoms with Gasteiger partial charge < -0.3 is 9.64 Å². The number of hydrogen-bond acceptors (Lipinski definition) is 5. The van der Waals surface area contributed by atoms with Gasteiger partial charge in [0.15, 0.2) is 0 Å². The van der Waals surface area contributed by atoms with Gasteiger partial charge in [0.2, 0.25) is 15.9 Å². The van der Waals surface area contributed by atoms with Crippen LogP contribution >= 0.6 is 11.3 Å². The number of hydrogen-bond donors (Lipinski definition) is 0. The second-order valence-corrected chi connectivity index (χ2v) is 12.7. The Labute approximate surface area is 224 Å². The van der Waals surface area contributed by atoms with Crippen LogP contribution in [0.5, 0.6) is 0 Å². The van der Waals surface area contributed by atoms with E-state index in [1.807, 2.05) is 49.9 Å². The molecule has 8 heteroatoms. The molecular weight excluding hydrogens is 504 g/mol. The topological polar surface area (TPSA) is 66.9 Å². The van der Waals surface area contributed by atoms with Crippen molar-refractivity contribution < 1.29 is 17.9 Å². The zero-order valence-electron chi connectivity index (χ0n) is 22.3. The fraction of sp³-hybridized carbons (Fsp3) is 0.414. The molecule has 1 unspecified atom stereocenters. The average Bonchev–Trinajstić information content (AvgIpc) is 3.31. The van der Waals surface area contributed by atoms with E-state index in [2.05, 4.69) is 30.5 Å². The molecule has 4 rings (SSSR count). The molecule has 0 radical (unpaired) electrons. The van der Waals surface area contributed by atoms with Gasteiger partial charge in [-0.15, -0.1) is 11.3 Å². The third-order valence-corrected chi connectivity index (χ3v) is 10.2. The van der Waals surface area contributed by atoms with Crippen molar-refractivity contribution in [3.8, 4) is 0 Å². The fourth-order valence-electron chi connectivity index (χ4n) is 5.43. The van der Waals surface area contributed by atoms with Gasteiger partial charge in [0.1, 0.15) is 0 Å². The highest BCUT2D eigenvalue weighted by molar-refractivity contribution is 7.89. The number of amides is 1. The van der Waals surface area contributed by atoms with Crippen LogP contribution in [0.4, 0.5) is 0 Å². The van der Waals surface area contributed by atoms with E-state index >= 15 is 0 Å². The second kappa shape index (κ2) is 11.5. The molecule has 1 aromatic heterocycles. The van der Waals surface area contributed by atoms with Gasteiger partial charge in [-0.25, -0.2) is 8.42 Å². The monoisotopic (exact) mass is 540 g/mol. The molecule has 2 aromatic carbocycles. The van der Waals surface area contributed by atoms with Crippen LogP contribution in [0, 0.1) is 27.7 Å². The predicted octanol–water partition coefficient (Wildman–Crippen LogP) is 5.18. The Morgan fingerprint density at radius 1 is 1.05 bits per heavy atom. The van der Waals surface area contributed by atoms with Gasteiger partial charge in [0, 0.05) is 31.7 Å². The third-order valence-electron chi connectivity index (χ3n) is 7.04. The van der Waals surface area contributed by atoms with E-state index < -0.39 is 10.0 Å². The third kappa shape index (κ3) is 5.67. The van der Waals surface area contributed by atoms with Crippen molar-refractivity contribution in [2.75, 3.05) is 33.4 Å². The van der Waals surface area contributed by atoms with E-state index in [4.69, 9.17) is 4.74 Å². The van der Waals surface area contributed by atoms with Crippen molar-refractivity contribution in [1.29, 1.82) is 0 Å². The maximum atomic E-state index is 14.0. The molecule has 1 aliphatic heterocycles. The van der Waals surface area contributed by atoms with Crippen LogP contribution in [-0.4, -0.2) is 56.9 Å². The van der Waals surface area contributed by atoms with Gasteiger partial charge in [0.25, 0.3) is 0 Å². The highest BCUT2D eigenvalue weighted by Crippen LogP contribution is 2.39. The molecule has 6 nitrogen and oxygen atoms in total. The number of aryl methyl sites for hydroxylation is 4. The van der Waals surface area contributed by atoms with Gasteiger partial charge in [-0.2, -0.15) is 4.31 Å². The van der Waals surface area contributed by atoms with E-state index in [0.717, 1.165) is 28.7 Å². The minimum absolute atomic E-state index is 0.187. The average molecular weight is 541 g/mol. The lowest BCUT2D eigenvalue weighted by atomic mass is 9.90. The Morgan fingerprint density at radius 2 is 1.76 bits per heavy atom.